The second kappa shape index (κ2) is 5.20. The molecule has 2 heterocycles. The molecule has 2 saturated heterocycles. The van der Waals surface area contributed by atoms with Gasteiger partial charge in [-0.3, -0.25) is 0 Å². The predicted molar refractivity (Wildman–Crippen MR) is 73.4 cm³/mol. The van der Waals surface area contributed by atoms with Gasteiger partial charge in [-0.2, -0.15) is 4.31 Å². The molecule has 0 saturated carbocycles. The molecule has 0 radical (unpaired) electrons. The summed E-state index contributed by atoms with van der Waals surface area (Å²) in [6.07, 6.45) is 1.27. The van der Waals surface area contributed by atoms with Crippen molar-refractivity contribution in [3.8, 4) is 0 Å². The molecule has 8 heteroatoms. The summed E-state index contributed by atoms with van der Waals surface area (Å²) < 4.78 is 51.2. The second-order valence-electron chi connectivity index (χ2n) is 5.20. The van der Waals surface area contributed by atoms with Crippen LogP contribution in [0.15, 0.2) is 23.1 Å². The van der Waals surface area contributed by atoms with Crippen molar-refractivity contribution in [2.75, 3.05) is 32.0 Å². The lowest BCUT2D eigenvalue weighted by Crippen LogP contribution is -2.51. The molecule has 0 aromatic heterocycles. The molecule has 0 amide bonds. The highest BCUT2D eigenvalue weighted by molar-refractivity contribution is 7.89. The molecular weight excluding hydrogens is 299 g/mol. The lowest BCUT2D eigenvalue weighted by atomic mass is 10.1. The Balaban J connectivity index is 1.93. The van der Waals surface area contributed by atoms with Gasteiger partial charge in [0.1, 0.15) is 10.7 Å². The van der Waals surface area contributed by atoms with E-state index in [0.29, 0.717) is 32.6 Å². The Morgan fingerprint density at radius 2 is 2.00 bits per heavy atom. The fourth-order valence-electron chi connectivity index (χ4n) is 2.77. The molecule has 0 atom stereocenters. The quantitative estimate of drug-likeness (QED) is 0.821. The Bertz CT molecular complexity index is 644. The van der Waals surface area contributed by atoms with Crippen molar-refractivity contribution < 1.29 is 22.3 Å². The summed E-state index contributed by atoms with van der Waals surface area (Å²) in [5.74, 6) is -1.61. The average Bonchev–Trinajstić information content (AvgIpc) is 2.89. The smallest absolute Gasteiger partial charge is 0.245 e. The Labute approximate surface area is 122 Å². The monoisotopic (exact) mass is 316 g/mol. The molecule has 2 fully saturated rings. The number of piperidine rings is 1. The molecule has 6 nitrogen and oxygen atoms in total. The zero-order valence-electron chi connectivity index (χ0n) is 11.4. The number of benzene rings is 1. The summed E-state index contributed by atoms with van der Waals surface area (Å²) in [6, 6.07) is 3.78. The van der Waals surface area contributed by atoms with Gasteiger partial charge in [0, 0.05) is 13.0 Å². The van der Waals surface area contributed by atoms with E-state index in [-0.39, 0.29) is 17.1 Å². The van der Waals surface area contributed by atoms with Crippen molar-refractivity contribution in [1.82, 2.24) is 4.31 Å². The SMILES string of the molecule is Nc1c(F)cccc1S(=O)(=O)N1CCCC2(C1)OCCO2. The van der Waals surface area contributed by atoms with E-state index in [9.17, 15) is 12.8 Å². The van der Waals surface area contributed by atoms with Gasteiger partial charge in [-0.05, 0) is 18.6 Å². The molecule has 0 unspecified atom stereocenters. The van der Waals surface area contributed by atoms with Crippen LogP contribution in [-0.2, 0) is 19.5 Å². The zero-order valence-corrected chi connectivity index (χ0v) is 12.2. The van der Waals surface area contributed by atoms with Crippen LogP contribution in [0.1, 0.15) is 12.8 Å². The van der Waals surface area contributed by atoms with E-state index in [4.69, 9.17) is 15.2 Å². The number of nitrogen functional groups attached to an aromatic ring is 1. The third kappa shape index (κ3) is 2.52. The predicted octanol–water partition coefficient (Wildman–Crippen LogP) is 0.935. The second-order valence-corrected chi connectivity index (χ2v) is 7.11. The summed E-state index contributed by atoms with van der Waals surface area (Å²) in [4.78, 5) is -0.211. The Morgan fingerprint density at radius 1 is 1.29 bits per heavy atom. The maximum Gasteiger partial charge on any atom is 0.245 e. The normalized spacial score (nSPS) is 22.7. The Kier molecular flexibility index (Phi) is 3.64. The number of rotatable bonds is 2. The van der Waals surface area contributed by atoms with Crippen molar-refractivity contribution >= 4 is 15.7 Å². The van der Waals surface area contributed by atoms with Gasteiger partial charge in [0.15, 0.2) is 5.79 Å². The third-order valence-electron chi connectivity index (χ3n) is 3.83. The average molecular weight is 316 g/mol. The van der Waals surface area contributed by atoms with Crippen LogP contribution in [0, 0.1) is 5.82 Å². The molecule has 0 bridgehead atoms. The van der Waals surface area contributed by atoms with Gasteiger partial charge in [-0.15, -0.1) is 0 Å². The van der Waals surface area contributed by atoms with Crippen molar-refractivity contribution in [1.29, 1.82) is 0 Å². The number of para-hydroxylation sites is 1. The van der Waals surface area contributed by atoms with Crippen LogP contribution < -0.4 is 5.73 Å². The van der Waals surface area contributed by atoms with Gasteiger partial charge in [0.2, 0.25) is 10.0 Å². The van der Waals surface area contributed by atoms with Crippen molar-refractivity contribution in [3.05, 3.63) is 24.0 Å². The van der Waals surface area contributed by atoms with E-state index < -0.39 is 21.6 Å². The van der Waals surface area contributed by atoms with Crippen LogP contribution in [0.25, 0.3) is 0 Å². The minimum Gasteiger partial charge on any atom is -0.395 e. The minimum absolute atomic E-state index is 0.102. The summed E-state index contributed by atoms with van der Waals surface area (Å²) in [5, 5.41) is 0. The number of hydrogen-bond donors (Lipinski definition) is 1. The number of anilines is 1. The fraction of sp³-hybridized carbons (Fsp3) is 0.538. The van der Waals surface area contributed by atoms with Crippen LogP contribution in [-0.4, -0.2) is 44.8 Å². The number of hydrogen-bond acceptors (Lipinski definition) is 5. The number of ether oxygens (including phenoxy) is 2. The van der Waals surface area contributed by atoms with E-state index in [1.807, 2.05) is 0 Å². The molecular formula is C13H17FN2O4S. The van der Waals surface area contributed by atoms with Crippen LogP contribution in [0.2, 0.25) is 0 Å². The van der Waals surface area contributed by atoms with Gasteiger partial charge in [0.05, 0.1) is 25.4 Å². The van der Waals surface area contributed by atoms with E-state index in [2.05, 4.69) is 0 Å². The topological polar surface area (TPSA) is 81.9 Å². The first-order valence-electron chi connectivity index (χ1n) is 6.77. The van der Waals surface area contributed by atoms with Crippen molar-refractivity contribution in [2.45, 2.75) is 23.5 Å². The molecule has 2 aliphatic rings. The number of sulfonamides is 1. The summed E-state index contributed by atoms with van der Waals surface area (Å²) >= 11 is 0. The summed E-state index contributed by atoms with van der Waals surface area (Å²) in [5.41, 5.74) is 5.22. The molecule has 1 spiro atoms. The van der Waals surface area contributed by atoms with Gasteiger partial charge in [-0.1, -0.05) is 6.07 Å². The highest BCUT2D eigenvalue weighted by atomic mass is 32.2. The van der Waals surface area contributed by atoms with Gasteiger partial charge < -0.3 is 15.2 Å². The molecule has 2 N–H and O–H groups in total. The van der Waals surface area contributed by atoms with E-state index >= 15 is 0 Å². The molecule has 116 valence electrons. The largest absolute Gasteiger partial charge is 0.395 e. The van der Waals surface area contributed by atoms with Crippen LogP contribution in [0.3, 0.4) is 0 Å². The van der Waals surface area contributed by atoms with Gasteiger partial charge >= 0.3 is 0 Å². The van der Waals surface area contributed by atoms with Crippen molar-refractivity contribution in [3.63, 3.8) is 0 Å². The first kappa shape index (κ1) is 14.7. The first-order valence-corrected chi connectivity index (χ1v) is 8.21. The zero-order chi connectivity index (χ0) is 15.1. The maximum atomic E-state index is 13.5. The lowest BCUT2D eigenvalue weighted by Gasteiger charge is -2.37. The number of nitrogens with zero attached hydrogens (tertiary/aromatic N) is 1. The van der Waals surface area contributed by atoms with Gasteiger partial charge in [0.25, 0.3) is 0 Å². The summed E-state index contributed by atoms with van der Waals surface area (Å²) in [7, 11) is -3.87. The fourth-order valence-corrected chi connectivity index (χ4v) is 4.41. The van der Waals surface area contributed by atoms with Crippen LogP contribution >= 0.6 is 0 Å². The Morgan fingerprint density at radius 3 is 2.71 bits per heavy atom. The molecule has 3 rings (SSSR count). The molecule has 21 heavy (non-hydrogen) atoms. The molecule has 1 aromatic carbocycles. The highest BCUT2D eigenvalue weighted by Crippen LogP contribution is 2.34. The van der Waals surface area contributed by atoms with E-state index in [1.54, 1.807) is 0 Å². The molecule has 0 aliphatic carbocycles. The van der Waals surface area contributed by atoms with E-state index in [1.165, 1.54) is 16.4 Å². The third-order valence-corrected chi connectivity index (χ3v) is 5.73. The van der Waals surface area contributed by atoms with Crippen LogP contribution in [0.4, 0.5) is 10.1 Å². The highest BCUT2D eigenvalue weighted by Gasteiger charge is 2.44. The maximum absolute atomic E-state index is 13.5. The van der Waals surface area contributed by atoms with Gasteiger partial charge in [-0.25, -0.2) is 12.8 Å². The van der Waals surface area contributed by atoms with Crippen molar-refractivity contribution in [2.24, 2.45) is 0 Å². The van der Waals surface area contributed by atoms with E-state index in [0.717, 1.165) is 6.07 Å². The first-order chi connectivity index (χ1) is 9.95. The molecule has 2 aliphatic heterocycles. The van der Waals surface area contributed by atoms with Crippen LogP contribution in [0.5, 0.6) is 0 Å². The number of nitrogens with two attached hydrogens (primary N) is 1. The minimum atomic E-state index is -3.87. The summed E-state index contributed by atoms with van der Waals surface area (Å²) in [6.45, 7) is 1.35. The lowest BCUT2D eigenvalue weighted by molar-refractivity contribution is -0.179. The molecule has 1 aromatic rings. The Hall–Kier alpha value is -1.22. The standard InChI is InChI=1S/C13H17FN2O4S/c14-10-3-1-4-11(12(10)15)21(17,18)16-6-2-5-13(9-16)19-7-8-20-13/h1,3-4H,2,5-9,15H2. The number of halogens is 1.